The fourth-order valence-electron chi connectivity index (χ4n) is 1.53. The molecule has 0 aliphatic heterocycles. The summed E-state index contributed by atoms with van der Waals surface area (Å²) in [6.07, 6.45) is 0. The van der Waals surface area contributed by atoms with Crippen molar-refractivity contribution in [3.8, 4) is 0 Å². The van der Waals surface area contributed by atoms with E-state index in [0.717, 1.165) is 0 Å². The molecule has 5 nitrogen and oxygen atoms in total. The lowest BCUT2D eigenvalue weighted by Gasteiger charge is -2.10. The number of nitrogen functional groups attached to an aromatic ring is 2. The number of rotatable bonds is 3. The Morgan fingerprint density at radius 1 is 0.944 bits per heavy atom. The minimum absolute atomic E-state index is 0.0144. The maximum Gasteiger partial charge on any atom is 0.263 e. The minimum Gasteiger partial charge on any atom is -0.399 e. The molecule has 0 unspecified atom stereocenters. The van der Waals surface area contributed by atoms with Crippen molar-refractivity contribution in [3.63, 3.8) is 0 Å². The van der Waals surface area contributed by atoms with Crippen LogP contribution >= 0.6 is 0 Å². The molecule has 0 radical (unpaired) electrons. The highest BCUT2D eigenvalue weighted by atomic mass is 32.2. The van der Waals surface area contributed by atoms with Crippen LogP contribution in [0.4, 0.5) is 17.1 Å². The molecule has 0 saturated heterocycles. The predicted molar refractivity (Wildman–Crippen MR) is 72.5 cm³/mol. The topological polar surface area (TPSA) is 98.2 Å². The largest absolute Gasteiger partial charge is 0.399 e. The van der Waals surface area contributed by atoms with Gasteiger partial charge in [0.15, 0.2) is 0 Å². The number of anilines is 3. The van der Waals surface area contributed by atoms with E-state index in [1.807, 2.05) is 0 Å². The highest BCUT2D eigenvalue weighted by Crippen LogP contribution is 2.23. The van der Waals surface area contributed by atoms with Crippen LogP contribution in [-0.2, 0) is 10.0 Å². The summed E-state index contributed by atoms with van der Waals surface area (Å²) >= 11 is 0. The summed E-state index contributed by atoms with van der Waals surface area (Å²) in [5, 5.41) is 0. The predicted octanol–water partition coefficient (Wildman–Crippen LogP) is 1.65. The molecule has 94 valence electrons. The average Bonchev–Trinajstić information content (AvgIpc) is 2.29. The van der Waals surface area contributed by atoms with Gasteiger partial charge in [-0.1, -0.05) is 18.2 Å². The van der Waals surface area contributed by atoms with Gasteiger partial charge < -0.3 is 11.5 Å². The van der Waals surface area contributed by atoms with Crippen molar-refractivity contribution >= 4 is 27.1 Å². The molecule has 0 fully saturated rings. The number of nitrogens with one attached hydrogen (secondary N) is 1. The number of para-hydroxylation sites is 1. The molecule has 0 aromatic heterocycles. The van der Waals surface area contributed by atoms with Crippen LogP contribution in [0.1, 0.15) is 0 Å². The van der Waals surface area contributed by atoms with Crippen LogP contribution in [0.2, 0.25) is 0 Å². The van der Waals surface area contributed by atoms with Gasteiger partial charge in [-0.15, -0.1) is 0 Å². The second kappa shape index (κ2) is 4.58. The Morgan fingerprint density at radius 3 is 2.22 bits per heavy atom. The van der Waals surface area contributed by atoms with E-state index in [9.17, 15) is 8.42 Å². The van der Waals surface area contributed by atoms with E-state index in [-0.39, 0.29) is 10.6 Å². The molecule has 0 aliphatic carbocycles. The monoisotopic (exact) mass is 263 g/mol. The molecule has 0 heterocycles. The van der Waals surface area contributed by atoms with Crippen LogP contribution in [0.5, 0.6) is 0 Å². The zero-order chi connectivity index (χ0) is 13.2. The van der Waals surface area contributed by atoms with Gasteiger partial charge in [0, 0.05) is 11.4 Å². The molecular formula is C12H13N3O2S. The van der Waals surface area contributed by atoms with Crippen LogP contribution in [0, 0.1) is 0 Å². The lowest BCUT2D eigenvalue weighted by Crippen LogP contribution is -2.14. The molecule has 0 amide bonds. The van der Waals surface area contributed by atoms with E-state index in [2.05, 4.69) is 4.72 Å². The lowest BCUT2D eigenvalue weighted by molar-refractivity contribution is 0.601. The van der Waals surface area contributed by atoms with Crippen molar-refractivity contribution in [3.05, 3.63) is 48.5 Å². The van der Waals surface area contributed by atoms with E-state index >= 15 is 0 Å². The van der Waals surface area contributed by atoms with Gasteiger partial charge in [-0.25, -0.2) is 8.42 Å². The highest BCUT2D eigenvalue weighted by Gasteiger charge is 2.17. The molecule has 0 atom stereocenters. The summed E-state index contributed by atoms with van der Waals surface area (Å²) in [7, 11) is -3.69. The Bertz CT molecular complexity index is 654. The second-order valence-electron chi connectivity index (χ2n) is 3.77. The van der Waals surface area contributed by atoms with Crippen molar-refractivity contribution in [2.24, 2.45) is 0 Å². The Morgan fingerprint density at radius 2 is 1.61 bits per heavy atom. The fourth-order valence-corrected chi connectivity index (χ4v) is 2.70. The van der Waals surface area contributed by atoms with Crippen LogP contribution < -0.4 is 16.2 Å². The smallest absolute Gasteiger partial charge is 0.263 e. The third-order valence-corrected chi connectivity index (χ3v) is 3.80. The molecule has 2 rings (SSSR count). The number of nitrogens with two attached hydrogens (primary N) is 2. The summed E-state index contributed by atoms with van der Waals surface area (Å²) in [5.74, 6) is 0. The van der Waals surface area contributed by atoms with E-state index in [1.54, 1.807) is 30.3 Å². The van der Waals surface area contributed by atoms with Gasteiger partial charge in [0.2, 0.25) is 0 Å². The van der Waals surface area contributed by atoms with Gasteiger partial charge in [-0.2, -0.15) is 0 Å². The van der Waals surface area contributed by atoms with Crippen molar-refractivity contribution in [1.82, 2.24) is 0 Å². The van der Waals surface area contributed by atoms with Gasteiger partial charge in [-0.05, 0) is 30.3 Å². The third kappa shape index (κ3) is 2.54. The van der Waals surface area contributed by atoms with Gasteiger partial charge in [0.05, 0.1) is 5.69 Å². The first-order valence-electron chi connectivity index (χ1n) is 5.22. The van der Waals surface area contributed by atoms with Gasteiger partial charge in [0.25, 0.3) is 10.0 Å². The van der Waals surface area contributed by atoms with Crippen LogP contribution in [0.25, 0.3) is 0 Å². The van der Waals surface area contributed by atoms with E-state index in [0.29, 0.717) is 11.4 Å². The van der Waals surface area contributed by atoms with Gasteiger partial charge in [0.1, 0.15) is 4.90 Å². The fraction of sp³-hybridized carbons (Fsp3) is 0. The van der Waals surface area contributed by atoms with E-state index < -0.39 is 10.0 Å². The lowest BCUT2D eigenvalue weighted by atomic mass is 10.3. The van der Waals surface area contributed by atoms with Crippen molar-refractivity contribution in [2.45, 2.75) is 4.90 Å². The van der Waals surface area contributed by atoms with Crippen LogP contribution in [-0.4, -0.2) is 8.42 Å². The maximum absolute atomic E-state index is 12.1. The molecule has 0 spiro atoms. The molecule has 6 heteroatoms. The summed E-state index contributed by atoms with van der Waals surface area (Å²) in [6.45, 7) is 0. The minimum atomic E-state index is -3.69. The highest BCUT2D eigenvalue weighted by molar-refractivity contribution is 7.92. The number of benzene rings is 2. The molecular weight excluding hydrogens is 250 g/mol. The van der Waals surface area contributed by atoms with Gasteiger partial charge >= 0.3 is 0 Å². The van der Waals surface area contributed by atoms with Gasteiger partial charge in [-0.3, -0.25) is 4.72 Å². The Labute approximate surface area is 105 Å². The Kier molecular flexibility index (Phi) is 3.12. The Hall–Kier alpha value is -2.21. The summed E-state index contributed by atoms with van der Waals surface area (Å²) in [6, 6.07) is 12.9. The number of sulfonamides is 1. The number of hydrogen-bond acceptors (Lipinski definition) is 4. The molecule has 0 aliphatic rings. The zero-order valence-electron chi connectivity index (χ0n) is 9.50. The number of hydrogen-bond donors (Lipinski definition) is 3. The quantitative estimate of drug-likeness (QED) is 0.733. The normalized spacial score (nSPS) is 11.1. The first kappa shape index (κ1) is 12.3. The standard InChI is InChI=1S/C12H13N3O2S/c13-9-6-7-12(11(14)8-9)18(16,17)15-10-4-2-1-3-5-10/h1-8,15H,13-14H2. The first-order chi connectivity index (χ1) is 8.49. The molecule has 18 heavy (non-hydrogen) atoms. The Balaban J connectivity index is 2.37. The summed E-state index contributed by atoms with van der Waals surface area (Å²) < 4.78 is 26.6. The summed E-state index contributed by atoms with van der Waals surface area (Å²) in [4.78, 5) is 0.0144. The van der Waals surface area contributed by atoms with Crippen LogP contribution in [0.3, 0.4) is 0 Å². The second-order valence-corrected chi connectivity index (χ2v) is 5.42. The molecule has 2 aromatic rings. The molecule has 0 bridgehead atoms. The maximum atomic E-state index is 12.1. The van der Waals surface area contributed by atoms with E-state index in [1.165, 1.54) is 18.2 Å². The average molecular weight is 263 g/mol. The van der Waals surface area contributed by atoms with Crippen LogP contribution in [0.15, 0.2) is 53.4 Å². The third-order valence-electron chi connectivity index (χ3n) is 2.35. The SMILES string of the molecule is Nc1ccc(S(=O)(=O)Nc2ccccc2)c(N)c1. The van der Waals surface area contributed by atoms with Crippen molar-refractivity contribution in [2.75, 3.05) is 16.2 Å². The van der Waals surface area contributed by atoms with Crippen molar-refractivity contribution < 1.29 is 8.42 Å². The molecule has 0 saturated carbocycles. The van der Waals surface area contributed by atoms with E-state index in [4.69, 9.17) is 11.5 Å². The van der Waals surface area contributed by atoms with Crippen molar-refractivity contribution in [1.29, 1.82) is 0 Å². The molecule has 5 N–H and O–H groups in total. The molecule has 2 aromatic carbocycles. The first-order valence-corrected chi connectivity index (χ1v) is 6.70. The summed E-state index contributed by atoms with van der Waals surface area (Å²) in [5.41, 5.74) is 12.2. The zero-order valence-corrected chi connectivity index (χ0v) is 10.3.